The maximum atomic E-state index is 13.8. The van der Waals surface area contributed by atoms with E-state index in [-0.39, 0.29) is 12.8 Å². The van der Waals surface area contributed by atoms with E-state index in [1.165, 1.54) is 38.5 Å². The maximum Gasteiger partial charge on any atom is 0.460 e. The van der Waals surface area contributed by atoms with E-state index in [1.807, 2.05) is 0 Å². The van der Waals surface area contributed by atoms with Crippen LogP contribution in [-0.4, -0.2) is 41.7 Å². The van der Waals surface area contributed by atoms with Crippen LogP contribution in [0.15, 0.2) is 0 Å². The van der Waals surface area contributed by atoms with Crippen LogP contribution in [0, 0.1) is 0 Å². The number of halogens is 15. The van der Waals surface area contributed by atoms with Crippen molar-refractivity contribution in [1.82, 2.24) is 0 Å². The van der Waals surface area contributed by atoms with Crippen molar-refractivity contribution >= 4 is 0 Å². The van der Waals surface area contributed by atoms with Gasteiger partial charge >= 0.3 is 41.7 Å². The molecule has 248 valence electrons. The van der Waals surface area contributed by atoms with Crippen LogP contribution in [0.5, 0.6) is 0 Å². The van der Waals surface area contributed by atoms with E-state index < -0.39 is 54.6 Å². The summed E-state index contributed by atoms with van der Waals surface area (Å²) in [6.07, 6.45) is 3.61. The van der Waals surface area contributed by atoms with Crippen LogP contribution >= 0.6 is 0 Å². The monoisotopic (exact) mass is 636 g/mol. The van der Waals surface area contributed by atoms with E-state index in [9.17, 15) is 65.9 Å². The van der Waals surface area contributed by atoms with Crippen LogP contribution in [0.1, 0.15) is 122 Å². The molecule has 0 heterocycles. The van der Waals surface area contributed by atoms with Crippen LogP contribution in [0.3, 0.4) is 0 Å². The molecule has 0 spiro atoms. The highest BCUT2D eigenvalue weighted by molar-refractivity contribution is 5.12. The van der Waals surface area contributed by atoms with Gasteiger partial charge in [-0.15, -0.1) is 0 Å². The molecule has 0 unspecified atom stereocenters. The fourth-order valence-corrected chi connectivity index (χ4v) is 4.23. The standard InChI is InChI=1S/C26H39F15/c1-2-3-4-5-6-7-8-9-10-11-12-13-14-15-16-17-18-19-20(27,28)21(29,30)22(31,32)23(33,34)24(35,36)25(37,38)26(39,40)41/h2-19H2,1H3. The van der Waals surface area contributed by atoms with E-state index >= 15 is 0 Å². The summed E-state index contributed by atoms with van der Waals surface area (Å²) in [6.45, 7) is 2.15. The summed E-state index contributed by atoms with van der Waals surface area (Å²) in [5.41, 5.74) is 0. The van der Waals surface area contributed by atoms with E-state index in [1.54, 1.807) is 0 Å². The summed E-state index contributed by atoms with van der Waals surface area (Å²) in [4.78, 5) is 0. The van der Waals surface area contributed by atoms with Gasteiger partial charge in [0.1, 0.15) is 0 Å². The molecule has 0 amide bonds. The molecule has 0 bridgehead atoms. The highest BCUT2D eigenvalue weighted by Gasteiger charge is 2.93. The summed E-state index contributed by atoms with van der Waals surface area (Å²) in [5.74, 6) is -45.8. The van der Waals surface area contributed by atoms with E-state index in [4.69, 9.17) is 0 Å². The van der Waals surface area contributed by atoms with Gasteiger partial charge in [-0.1, -0.05) is 110 Å². The highest BCUT2D eigenvalue weighted by atomic mass is 19.4. The first-order valence-corrected chi connectivity index (χ1v) is 13.9. The average Bonchev–Trinajstić information content (AvgIpc) is 2.84. The molecule has 0 aromatic heterocycles. The van der Waals surface area contributed by atoms with Crippen molar-refractivity contribution in [3.8, 4) is 0 Å². The smallest absolute Gasteiger partial charge is 0.200 e. The minimum atomic E-state index is -8.21. The van der Waals surface area contributed by atoms with Crippen molar-refractivity contribution in [2.45, 2.75) is 164 Å². The van der Waals surface area contributed by atoms with Gasteiger partial charge in [0.25, 0.3) is 0 Å². The molecule has 0 aliphatic rings. The predicted molar refractivity (Wildman–Crippen MR) is 125 cm³/mol. The van der Waals surface area contributed by atoms with Crippen LogP contribution in [0.25, 0.3) is 0 Å². The van der Waals surface area contributed by atoms with Gasteiger partial charge in [-0.05, 0) is 6.42 Å². The van der Waals surface area contributed by atoms with Gasteiger partial charge in [-0.3, -0.25) is 0 Å². The maximum absolute atomic E-state index is 13.8. The Morgan fingerprint density at radius 1 is 0.293 bits per heavy atom. The Kier molecular flexibility index (Phi) is 15.7. The highest BCUT2D eigenvalue weighted by Crippen LogP contribution is 2.62. The van der Waals surface area contributed by atoms with Gasteiger partial charge in [0.15, 0.2) is 0 Å². The van der Waals surface area contributed by atoms with Gasteiger partial charge in [0.05, 0.1) is 0 Å². The third-order valence-corrected chi connectivity index (χ3v) is 6.99. The van der Waals surface area contributed by atoms with Gasteiger partial charge in [0.2, 0.25) is 0 Å². The molecule has 0 aliphatic carbocycles. The molecule has 0 N–H and O–H groups in total. The second-order valence-electron chi connectivity index (χ2n) is 10.5. The molecular formula is C26H39F15. The zero-order valence-electron chi connectivity index (χ0n) is 22.9. The fraction of sp³-hybridized carbons (Fsp3) is 1.00. The Labute approximate surface area is 230 Å². The lowest BCUT2D eigenvalue weighted by molar-refractivity contribution is -0.452. The van der Waals surface area contributed by atoms with Crippen molar-refractivity contribution < 1.29 is 65.9 Å². The first-order valence-electron chi connectivity index (χ1n) is 13.9. The molecule has 0 aromatic carbocycles. The molecule has 0 radical (unpaired) electrons. The van der Waals surface area contributed by atoms with Crippen molar-refractivity contribution in [3.05, 3.63) is 0 Å². The van der Waals surface area contributed by atoms with Crippen LogP contribution in [0.4, 0.5) is 65.9 Å². The van der Waals surface area contributed by atoms with Crippen LogP contribution < -0.4 is 0 Å². The third-order valence-electron chi connectivity index (χ3n) is 6.99. The normalized spacial score (nSPS) is 14.6. The van der Waals surface area contributed by atoms with Gasteiger partial charge in [0, 0.05) is 6.42 Å². The second-order valence-corrected chi connectivity index (χ2v) is 10.5. The zero-order chi connectivity index (χ0) is 32.2. The number of hydrogen-bond donors (Lipinski definition) is 0. The number of rotatable bonds is 23. The zero-order valence-corrected chi connectivity index (χ0v) is 22.9. The summed E-state index contributed by atoms with van der Waals surface area (Å²) < 4.78 is 198. The molecular weight excluding hydrogens is 597 g/mol. The van der Waals surface area contributed by atoms with Crippen molar-refractivity contribution in [3.63, 3.8) is 0 Å². The molecule has 0 aliphatic heterocycles. The van der Waals surface area contributed by atoms with Gasteiger partial charge < -0.3 is 0 Å². The van der Waals surface area contributed by atoms with Crippen molar-refractivity contribution in [1.29, 1.82) is 0 Å². The van der Waals surface area contributed by atoms with Crippen LogP contribution in [-0.2, 0) is 0 Å². The molecule has 0 rings (SSSR count). The Morgan fingerprint density at radius 3 is 0.829 bits per heavy atom. The molecule has 15 heteroatoms. The Bertz CT molecular complexity index is 714. The lowest BCUT2D eigenvalue weighted by Crippen LogP contribution is -2.72. The lowest BCUT2D eigenvalue weighted by Gasteiger charge is -2.41. The molecule has 0 atom stereocenters. The molecule has 0 nitrogen and oxygen atoms in total. The molecule has 0 aromatic rings. The lowest BCUT2D eigenvalue weighted by atomic mass is 9.89. The molecule has 0 fully saturated rings. The summed E-state index contributed by atoms with van der Waals surface area (Å²) in [7, 11) is 0. The van der Waals surface area contributed by atoms with E-state index in [0.717, 1.165) is 38.5 Å². The second kappa shape index (κ2) is 16.1. The Morgan fingerprint density at radius 2 is 0.537 bits per heavy atom. The molecule has 0 saturated carbocycles. The predicted octanol–water partition coefficient (Wildman–Crippen LogP) is 12.4. The van der Waals surface area contributed by atoms with E-state index in [2.05, 4.69) is 6.92 Å². The quantitative estimate of drug-likeness (QED) is 0.0773. The number of hydrogen-bond acceptors (Lipinski definition) is 0. The van der Waals surface area contributed by atoms with Crippen molar-refractivity contribution in [2.75, 3.05) is 0 Å². The SMILES string of the molecule is CCCCCCCCCCCCCCCCCCCC(F)(F)C(F)(F)C(F)(F)C(F)(F)C(F)(F)C(F)(F)C(F)(F)F. The number of alkyl halides is 15. The third kappa shape index (κ3) is 9.99. The topological polar surface area (TPSA) is 0 Å². The minimum Gasteiger partial charge on any atom is -0.200 e. The summed E-state index contributed by atoms with van der Waals surface area (Å²) in [5, 5.41) is 0. The minimum absolute atomic E-state index is 0.169. The first-order chi connectivity index (χ1) is 18.6. The van der Waals surface area contributed by atoms with Gasteiger partial charge in [-0.2, -0.15) is 65.9 Å². The molecule has 0 saturated heterocycles. The van der Waals surface area contributed by atoms with Crippen LogP contribution in [0.2, 0.25) is 0 Å². The van der Waals surface area contributed by atoms with Gasteiger partial charge in [-0.25, -0.2) is 0 Å². The average molecular weight is 637 g/mol. The largest absolute Gasteiger partial charge is 0.460 e. The first kappa shape index (κ1) is 40.0. The van der Waals surface area contributed by atoms with Crippen molar-refractivity contribution in [2.24, 2.45) is 0 Å². The summed E-state index contributed by atoms with van der Waals surface area (Å²) >= 11 is 0. The summed E-state index contributed by atoms with van der Waals surface area (Å²) in [6, 6.07) is 0. The Balaban J connectivity index is 4.57. The fourth-order valence-electron chi connectivity index (χ4n) is 4.23. The molecule has 41 heavy (non-hydrogen) atoms. The Hall–Kier alpha value is -1.05. The number of unbranched alkanes of at least 4 members (excludes halogenated alkanes) is 16. The van der Waals surface area contributed by atoms with E-state index in [0.29, 0.717) is 12.8 Å².